The largest absolute Gasteiger partial charge is 0.481 e. The number of unbranched alkanes of at least 4 members (excludes halogenated alkanes) is 8. The number of hydrogen-bond acceptors (Lipinski definition) is 2. The summed E-state index contributed by atoms with van der Waals surface area (Å²) in [4.78, 5) is 10.3. The second kappa shape index (κ2) is 13.9. The topological polar surface area (TPSA) is 57.5 Å². The summed E-state index contributed by atoms with van der Waals surface area (Å²) in [5.74, 6) is -0.768. The van der Waals surface area contributed by atoms with Gasteiger partial charge in [-0.3, -0.25) is 4.79 Å². The van der Waals surface area contributed by atoms with Gasteiger partial charge in [-0.25, -0.2) is 0 Å². The smallest absolute Gasteiger partial charge is 0.303 e. The van der Waals surface area contributed by atoms with Crippen molar-refractivity contribution in [3.8, 4) is 0 Å². The molecule has 0 fully saturated rings. The molecule has 0 aliphatic heterocycles. The van der Waals surface area contributed by atoms with Crippen LogP contribution in [0.3, 0.4) is 0 Å². The summed E-state index contributed by atoms with van der Waals surface area (Å²) in [5.41, 5.74) is 0. The molecular weight excluding hydrogens is 240 g/mol. The van der Waals surface area contributed by atoms with Crippen LogP contribution < -0.4 is 0 Å². The lowest BCUT2D eigenvalue weighted by molar-refractivity contribution is -0.137. The molecule has 0 aromatic heterocycles. The number of carboxylic acid groups (broad SMARTS) is 1. The van der Waals surface area contributed by atoms with Crippen LogP contribution in [-0.4, -0.2) is 22.3 Å². The number of hydrogen-bond donors (Lipinski definition) is 2. The van der Waals surface area contributed by atoms with Crippen molar-refractivity contribution in [2.75, 3.05) is 0 Å². The lowest BCUT2D eigenvalue weighted by Crippen LogP contribution is -2.07. The van der Waals surface area contributed by atoms with Crippen LogP contribution in [-0.2, 0) is 4.79 Å². The van der Waals surface area contributed by atoms with Crippen LogP contribution >= 0.6 is 0 Å². The van der Waals surface area contributed by atoms with Crippen LogP contribution in [0.4, 0.5) is 0 Å². The summed E-state index contributed by atoms with van der Waals surface area (Å²) in [7, 11) is 0. The van der Waals surface area contributed by atoms with E-state index in [1.54, 1.807) is 0 Å². The average Bonchev–Trinajstić information content (AvgIpc) is 2.36. The van der Waals surface area contributed by atoms with Gasteiger partial charge >= 0.3 is 5.97 Å². The van der Waals surface area contributed by atoms with Crippen LogP contribution in [0.5, 0.6) is 0 Å². The molecule has 0 spiro atoms. The van der Waals surface area contributed by atoms with E-state index in [4.69, 9.17) is 5.11 Å². The van der Waals surface area contributed by atoms with Gasteiger partial charge in [0.1, 0.15) is 0 Å². The summed E-state index contributed by atoms with van der Waals surface area (Å²) >= 11 is 0. The average molecular weight is 272 g/mol. The second-order valence-electron chi connectivity index (χ2n) is 5.56. The molecule has 0 bridgehead atoms. The third-order valence-corrected chi connectivity index (χ3v) is 3.57. The van der Waals surface area contributed by atoms with Crippen molar-refractivity contribution in [2.24, 2.45) is 0 Å². The maximum atomic E-state index is 10.3. The molecule has 0 aromatic rings. The summed E-state index contributed by atoms with van der Waals surface area (Å²) in [5, 5.41) is 18.2. The maximum Gasteiger partial charge on any atom is 0.303 e. The van der Waals surface area contributed by atoms with E-state index in [9.17, 15) is 9.90 Å². The Morgan fingerprint density at radius 3 is 1.84 bits per heavy atom. The Morgan fingerprint density at radius 2 is 1.32 bits per heavy atom. The molecule has 0 unspecified atom stereocenters. The predicted molar refractivity (Wildman–Crippen MR) is 79.3 cm³/mol. The van der Waals surface area contributed by atoms with Gasteiger partial charge in [-0.15, -0.1) is 0 Å². The quantitative estimate of drug-likeness (QED) is 0.457. The first-order valence-electron chi connectivity index (χ1n) is 8.06. The van der Waals surface area contributed by atoms with Gasteiger partial charge in [-0.2, -0.15) is 0 Å². The van der Waals surface area contributed by atoms with E-state index in [2.05, 4.69) is 6.92 Å². The van der Waals surface area contributed by atoms with Gasteiger partial charge in [-0.1, -0.05) is 64.7 Å². The Bertz CT molecular complexity index is 204. The molecule has 0 aliphatic rings. The highest BCUT2D eigenvalue weighted by Crippen LogP contribution is 2.13. The van der Waals surface area contributed by atoms with E-state index in [-0.39, 0.29) is 12.5 Å². The van der Waals surface area contributed by atoms with E-state index in [1.165, 1.54) is 51.4 Å². The number of aliphatic carboxylic acids is 1. The number of carboxylic acids is 1. The van der Waals surface area contributed by atoms with Crippen molar-refractivity contribution in [3.63, 3.8) is 0 Å². The van der Waals surface area contributed by atoms with Crippen LogP contribution in [0.2, 0.25) is 0 Å². The zero-order valence-corrected chi connectivity index (χ0v) is 12.6. The van der Waals surface area contributed by atoms with Crippen LogP contribution in [0, 0.1) is 0 Å². The molecule has 114 valence electrons. The minimum absolute atomic E-state index is 0.175. The highest BCUT2D eigenvalue weighted by atomic mass is 16.4. The molecule has 0 radical (unpaired) electrons. The molecule has 0 rings (SSSR count). The van der Waals surface area contributed by atoms with Gasteiger partial charge in [0.05, 0.1) is 6.10 Å². The molecular formula is C16H32O3. The Kier molecular flexibility index (Phi) is 13.4. The van der Waals surface area contributed by atoms with Crippen molar-refractivity contribution in [1.82, 2.24) is 0 Å². The van der Waals surface area contributed by atoms with Gasteiger partial charge in [-0.05, 0) is 19.3 Å². The van der Waals surface area contributed by atoms with Crippen molar-refractivity contribution >= 4 is 5.97 Å². The Morgan fingerprint density at radius 1 is 0.842 bits per heavy atom. The lowest BCUT2D eigenvalue weighted by atomic mass is 10.0. The number of rotatable bonds is 14. The molecule has 0 heterocycles. The predicted octanol–water partition coefficient (Wildman–Crippen LogP) is 4.52. The summed E-state index contributed by atoms with van der Waals surface area (Å²) in [6.07, 6.45) is 13.5. The van der Waals surface area contributed by atoms with Crippen LogP contribution in [0.15, 0.2) is 0 Å². The minimum atomic E-state index is -0.768. The molecule has 3 heteroatoms. The normalized spacial score (nSPS) is 12.5. The highest BCUT2D eigenvalue weighted by Gasteiger charge is 2.05. The molecule has 0 amide bonds. The molecule has 1 atom stereocenters. The number of aliphatic hydroxyl groups excluding tert-OH is 1. The third-order valence-electron chi connectivity index (χ3n) is 3.57. The molecule has 2 N–H and O–H groups in total. The second-order valence-corrected chi connectivity index (χ2v) is 5.56. The van der Waals surface area contributed by atoms with Gasteiger partial charge in [0.25, 0.3) is 0 Å². The van der Waals surface area contributed by atoms with Crippen molar-refractivity contribution < 1.29 is 15.0 Å². The zero-order chi connectivity index (χ0) is 14.3. The van der Waals surface area contributed by atoms with E-state index in [1.807, 2.05) is 0 Å². The fourth-order valence-electron chi connectivity index (χ4n) is 2.32. The van der Waals surface area contributed by atoms with E-state index in [0.717, 1.165) is 12.8 Å². The third kappa shape index (κ3) is 15.4. The molecule has 0 saturated heterocycles. The fraction of sp³-hybridized carbons (Fsp3) is 0.938. The first-order valence-corrected chi connectivity index (χ1v) is 8.06. The summed E-state index contributed by atoms with van der Waals surface area (Å²) in [6.45, 7) is 2.24. The monoisotopic (exact) mass is 272 g/mol. The van der Waals surface area contributed by atoms with Crippen molar-refractivity contribution in [1.29, 1.82) is 0 Å². The van der Waals surface area contributed by atoms with Crippen LogP contribution in [0.1, 0.15) is 90.4 Å². The molecule has 19 heavy (non-hydrogen) atoms. The molecule has 0 aromatic carbocycles. The van der Waals surface area contributed by atoms with E-state index >= 15 is 0 Å². The standard InChI is InChI=1S/C16H32O3/c1-2-3-4-5-6-7-8-9-10-12-15(17)13-11-14-16(18)19/h15,17H,2-14H2,1H3,(H,18,19)/t15-/m0/s1. The Balaban J connectivity index is 3.14. The molecule has 0 saturated carbocycles. The van der Waals surface area contributed by atoms with Gasteiger partial charge < -0.3 is 10.2 Å². The minimum Gasteiger partial charge on any atom is -0.481 e. The van der Waals surface area contributed by atoms with Crippen molar-refractivity contribution in [3.05, 3.63) is 0 Å². The molecule has 0 aliphatic carbocycles. The fourth-order valence-corrected chi connectivity index (χ4v) is 2.32. The summed E-state index contributed by atoms with van der Waals surface area (Å²) < 4.78 is 0. The Hall–Kier alpha value is -0.570. The first-order chi connectivity index (χ1) is 9.16. The zero-order valence-electron chi connectivity index (χ0n) is 12.6. The van der Waals surface area contributed by atoms with E-state index < -0.39 is 5.97 Å². The Labute approximate surface area is 118 Å². The van der Waals surface area contributed by atoms with E-state index in [0.29, 0.717) is 12.8 Å². The van der Waals surface area contributed by atoms with Gasteiger partial charge in [0.2, 0.25) is 0 Å². The lowest BCUT2D eigenvalue weighted by Gasteiger charge is -2.09. The highest BCUT2D eigenvalue weighted by molar-refractivity contribution is 5.66. The first kappa shape index (κ1) is 18.4. The SMILES string of the molecule is CCCCCCCCCCC[C@H](O)CCCC(=O)O. The molecule has 3 nitrogen and oxygen atoms in total. The van der Waals surface area contributed by atoms with Gasteiger partial charge in [0.15, 0.2) is 0 Å². The van der Waals surface area contributed by atoms with Crippen LogP contribution in [0.25, 0.3) is 0 Å². The number of aliphatic hydroxyl groups is 1. The number of carbonyl (C=O) groups is 1. The van der Waals surface area contributed by atoms with Crippen molar-refractivity contribution in [2.45, 2.75) is 96.5 Å². The summed E-state index contributed by atoms with van der Waals surface area (Å²) in [6, 6.07) is 0. The maximum absolute atomic E-state index is 10.3. The van der Waals surface area contributed by atoms with Gasteiger partial charge in [0, 0.05) is 6.42 Å².